The molecular formula is C22H21N3O4S. The number of rotatable bonds is 5. The maximum atomic E-state index is 12.3. The molecule has 2 aromatic carbocycles. The first-order valence-electron chi connectivity index (χ1n) is 9.19. The van der Waals surface area contributed by atoms with Crippen molar-refractivity contribution in [2.45, 2.75) is 13.8 Å². The fraction of sp³-hybridized carbons (Fsp3) is 0.182. The average Bonchev–Trinajstić information content (AvgIpc) is 2.71. The minimum absolute atomic E-state index is 0.0317. The quantitative estimate of drug-likeness (QED) is 0.439. The second-order valence-corrected chi connectivity index (χ2v) is 7.28. The van der Waals surface area contributed by atoms with Crippen LogP contribution >= 0.6 is 12.2 Å². The van der Waals surface area contributed by atoms with Gasteiger partial charge in [-0.1, -0.05) is 18.2 Å². The molecule has 1 aliphatic rings. The van der Waals surface area contributed by atoms with E-state index in [9.17, 15) is 14.4 Å². The Bertz CT molecular complexity index is 1080. The zero-order chi connectivity index (χ0) is 21.8. The van der Waals surface area contributed by atoms with Gasteiger partial charge in [0, 0.05) is 12.7 Å². The molecule has 0 aliphatic carbocycles. The van der Waals surface area contributed by atoms with E-state index in [1.807, 2.05) is 32.0 Å². The van der Waals surface area contributed by atoms with Crippen LogP contribution in [0.15, 0.2) is 48.0 Å². The number of carbonyl (C=O) groups excluding carboxylic acids is 3. The highest BCUT2D eigenvalue weighted by Crippen LogP contribution is 2.19. The highest BCUT2D eigenvalue weighted by Gasteiger charge is 2.30. The van der Waals surface area contributed by atoms with Crippen LogP contribution in [0.4, 0.5) is 5.69 Å². The number of aryl methyl sites for hydroxylation is 2. The molecule has 1 heterocycles. The van der Waals surface area contributed by atoms with Crippen LogP contribution in [-0.2, 0) is 14.4 Å². The monoisotopic (exact) mass is 423 g/mol. The van der Waals surface area contributed by atoms with Gasteiger partial charge in [0.1, 0.15) is 11.3 Å². The van der Waals surface area contributed by atoms with Crippen molar-refractivity contribution < 1.29 is 19.1 Å². The molecule has 2 aromatic rings. The van der Waals surface area contributed by atoms with Gasteiger partial charge in [-0.2, -0.15) is 0 Å². The van der Waals surface area contributed by atoms with Crippen LogP contribution in [0.25, 0.3) is 6.08 Å². The topological polar surface area (TPSA) is 87.7 Å². The first-order valence-corrected chi connectivity index (χ1v) is 9.60. The standard InChI is InChI=1S/C22H21N3O4S/c1-13-7-8-16(9-14(13)2)23-19(26)12-29-17-6-4-5-15(10-17)11-18-20(27)24-22(30)25(3)21(18)28/h4-11H,12H2,1-3H3,(H,23,26)(H,24,27,30)/b18-11+. The Kier molecular flexibility index (Phi) is 6.27. The molecule has 3 rings (SSSR count). The SMILES string of the molecule is Cc1ccc(NC(=O)COc2cccc(/C=C3\C(=O)NC(=S)N(C)C3=O)c2)cc1C. The third-order valence-corrected chi connectivity index (χ3v) is 5.01. The second kappa shape index (κ2) is 8.87. The lowest BCUT2D eigenvalue weighted by atomic mass is 10.1. The van der Waals surface area contributed by atoms with Gasteiger partial charge in [0.05, 0.1) is 0 Å². The fourth-order valence-electron chi connectivity index (χ4n) is 2.77. The van der Waals surface area contributed by atoms with Crippen LogP contribution < -0.4 is 15.4 Å². The largest absolute Gasteiger partial charge is 0.484 e. The Morgan fingerprint density at radius 3 is 2.67 bits per heavy atom. The lowest BCUT2D eigenvalue weighted by Gasteiger charge is -2.25. The number of ether oxygens (including phenoxy) is 1. The van der Waals surface area contributed by atoms with E-state index in [4.69, 9.17) is 17.0 Å². The van der Waals surface area contributed by atoms with Gasteiger partial charge in [0.25, 0.3) is 17.7 Å². The van der Waals surface area contributed by atoms with Gasteiger partial charge in [-0.25, -0.2) is 0 Å². The van der Waals surface area contributed by atoms with Gasteiger partial charge in [0.15, 0.2) is 11.7 Å². The van der Waals surface area contributed by atoms with Gasteiger partial charge in [-0.15, -0.1) is 0 Å². The number of nitrogens with zero attached hydrogens (tertiary/aromatic N) is 1. The van der Waals surface area contributed by atoms with Crippen molar-refractivity contribution in [1.82, 2.24) is 10.2 Å². The number of hydrogen-bond donors (Lipinski definition) is 2. The molecule has 8 heteroatoms. The van der Waals surface area contributed by atoms with Crippen LogP contribution in [0.3, 0.4) is 0 Å². The van der Waals surface area contributed by atoms with Crippen LogP contribution in [0.5, 0.6) is 5.75 Å². The molecule has 2 N–H and O–H groups in total. The number of carbonyl (C=O) groups is 3. The normalized spacial score (nSPS) is 15.2. The molecule has 0 atom stereocenters. The van der Waals surface area contributed by atoms with E-state index in [1.165, 1.54) is 18.0 Å². The van der Waals surface area contributed by atoms with Crippen molar-refractivity contribution in [2.75, 3.05) is 19.0 Å². The van der Waals surface area contributed by atoms with Gasteiger partial charge in [-0.3, -0.25) is 24.6 Å². The fourth-order valence-corrected chi connectivity index (χ4v) is 2.95. The molecular weight excluding hydrogens is 402 g/mol. The summed E-state index contributed by atoms with van der Waals surface area (Å²) >= 11 is 4.93. The van der Waals surface area contributed by atoms with E-state index in [-0.39, 0.29) is 23.2 Å². The zero-order valence-corrected chi connectivity index (χ0v) is 17.6. The van der Waals surface area contributed by atoms with Gasteiger partial charge in [-0.05, 0) is 73.1 Å². The second-order valence-electron chi connectivity index (χ2n) is 6.89. The molecule has 1 aliphatic heterocycles. The van der Waals surface area contributed by atoms with E-state index in [2.05, 4.69) is 10.6 Å². The van der Waals surface area contributed by atoms with Gasteiger partial charge >= 0.3 is 0 Å². The lowest BCUT2D eigenvalue weighted by Crippen LogP contribution is -2.52. The summed E-state index contributed by atoms with van der Waals surface area (Å²) < 4.78 is 5.56. The van der Waals surface area contributed by atoms with Crippen LogP contribution in [-0.4, -0.2) is 41.4 Å². The zero-order valence-electron chi connectivity index (χ0n) is 16.8. The highest BCUT2D eigenvalue weighted by molar-refractivity contribution is 7.80. The molecule has 0 bridgehead atoms. The predicted molar refractivity (Wildman–Crippen MR) is 118 cm³/mol. The predicted octanol–water partition coefficient (Wildman–Crippen LogP) is 2.58. The van der Waals surface area contributed by atoms with E-state index in [0.717, 1.165) is 11.1 Å². The summed E-state index contributed by atoms with van der Waals surface area (Å²) in [5.41, 5.74) is 3.49. The molecule has 0 spiro atoms. The summed E-state index contributed by atoms with van der Waals surface area (Å²) in [5, 5.41) is 5.31. The van der Waals surface area contributed by atoms with Crippen LogP contribution in [0, 0.1) is 13.8 Å². The Morgan fingerprint density at radius 1 is 1.17 bits per heavy atom. The molecule has 154 valence electrons. The van der Waals surface area contributed by atoms with Crippen LogP contribution in [0.1, 0.15) is 16.7 Å². The Hall–Kier alpha value is -3.52. The molecule has 3 amide bonds. The summed E-state index contributed by atoms with van der Waals surface area (Å²) in [4.78, 5) is 37.7. The third kappa shape index (κ3) is 4.90. The van der Waals surface area contributed by atoms with Crippen molar-refractivity contribution in [3.63, 3.8) is 0 Å². The lowest BCUT2D eigenvalue weighted by molar-refractivity contribution is -0.128. The van der Waals surface area contributed by atoms with Crippen LogP contribution in [0.2, 0.25) is 0 Å². The minimum atomic E-state index is -0.554. The first kappa shape index (κ1) is 21.2. The Morgan fingerprint density at radius 2 is 1.93 bits per heavy atom. The summed E-state index contributed by atoms with van der Waals surface area (Å²) in [6.45, 7) is 3.80. The average molecular weight is 423 g/mol. The molecule has 0 unspecified atom stereocenters. The molecule has 30 heavy (non-hydrogen) atoms. The van der Waals surface area contributed by atoms with E-state index < -0.39 is 11.8 Å². The molecule has 7 nitrogen and oxygen atoms in total. The third-order valence-electron chi connectivity index (χ3n) is 4.63. The maximum absolute atomic E-state index is 12.3. The number of nitrogens with one attached hydrogen (secondary N) is 2. The van der Waals surface area contributed by atoms with Crippen molar-refractivity contribution in [1.29, 1.82) is 0 Å². The van der Waals surface area contributed by atoms with Crippen molar-refractivity contribution in [2.24, 2.45) is 0 Å². The minimum Gasteiger partial charge on any atom is -0.484 e. The number of hydrogen-bond acceptors (Lipinski definition) is 5. The molecule has 0 aromatic heterocycles. The highest BCUT2D eigenvalue weighted by atomic mass is 32.1. The first-order chi connectivity index (χ1) is 14.2. The van der Waals surface area contributed by atoms with Crippen molar-refractivity contribution in [3.8, 4) is 5.75 Å². The van der Waals surface area contributed by atoms with E-state index >= 15 is 0 Å². The van der Waals surface area contributed by atoms with E-state index in [0.29, 0.717) is 17.0 Å². The summed E-state index contributed by atoms with van der Waals surface area (Å²) in [7, 11) is 1.49. The number of amides is 3. The number of benzene rings is 2. The molecule has 1 saturated heterocycles. The summed E-state index contributed by atoms with van der Waals surface area (Å²) in [5.74, 6) is -0.892. The van der Waals surface area contributed by atoms with E-state index in [1.54, 1.807) is 24.3 Å². The molecule has 0 saturated carbocycles. The smallest absolute Gasteiger partial charge is 0.265 e. The van der Waals surface area contributed by atoms with Crippen molar-refractivity contribution >= 4 is 46.8 Å². The van der Waals surface area contributed by atoms with Gasteiger partial charge in [0.2, 0.25) is 0 Å². The Balaban J connectivity index is 1.66. The summed E-state index contributed by atoms with van der Waals surface area (Å²) in [6.07, 6.45) is 1.46. The number of likely N-dealkylation sites (N-methyl/N-ethyl adjacent to an activating group) is 1. The van der Waals surface area contributed by atoms with Crippen molar-refractivity contribution in [3.05, 3.63) is 64.7 Å². The summed E-state index contributed by atoms with van der Waals surface area (Å²) in [6, 6.07) is 12.4. The number of anilines is 1. The Labute approximate surface area is 179 Å². The molecule has 1 fully saturated rings. The van der Waals surface area contributed by atoms with Gasteiger partial charge < -0.3 is 10.1 Å². The number of thiocarbonyl (C=S) groups is 1. The maximum Gasteiger partial charge on any atom is 0.265 e. The molecule has 0 radical (unpaired) electrons.